The maximum absolute atomic E-state index is 12.6. The monoisotopic (exact) mass is 664 g/mol. The normalized spacial score (nSPS) is 27.3. The summed E-state index contributed by atoms with van der Waals surface area (Å²) in [5.41, 5.74) is 0. The van der Waals surface area contributed by atoms with Gasteiger partial charge in [-0.2, -0.15) is 0 Å². The Morgan fingerprint density at radius 1 is 0.732 bits per heavy atom. The van der Waals surface area contributed by atoms with E-state index in [0.717, 1.165) is 7.11 Å². The Hall–Kier alpha value is -1.38. The summed E-state index contributed by atoms with van der Waals surface area (Å²) in [4.78, 5) is 62.7. The average molecular weight is 664 g/mol. The summed E-state index contributed by atoms with van der Waals surface area (Å²) in [5.74, 6) is -5.13. The van der Waals surface area contributed by atoms with Crippen molar-refractivity contribution in [3.63, 3.8) is 0 Å². The third-order valence-electron chi connectivity index (χ3n) is 4.57. The third kappa shape index (κ3) is 14.6. The van der Waals surface area contributed by atoms with Gasteiger partial charge in [-0.1, -0.05) is 13.3 Å². The number of phosphoric ester groups is 3. The second kappa shape index (κ2) is 17.0. The Labute approximate surface area is 231 Å². The van der Waals surface area contributed by atoms with Crippen LogP contribution in [0.15, 0.2) is 0 Å². The molecule has 0 radical (unpaired) electrons. The van der Waals surface area contributed by atoms with Crippen LogP contribution in [0.5, 0.6) is 0 Å². The number of aliphatic carboxylic acids is 3. The first-order chi connectivity index (χ1) is 18.9. The van der Waals surface area contributed by atoms with E-state index in [-0.39, 0.29) is 6.61 Å². The Balaban J connectivity index is 3.57. The van der Waals surface area contributed by atoms with Crippen molar-refractivity contribution in [3.05, 3.63) is 0 Å². The molecule has 21 nitrogen and oxygen atoms in total. The number of hydrogen-bond acceptors (Lipinski definition) is 15. The van der Waals surface area contributed by atoms with E-state index in [1.807, 2.05) is 6.92 Å². The van der Waals surface area contributed by atoms with Crippen LogP contribution in [-0.2, 0) is 69.4 Å². The minimum Gasteiger partial charge on any atom is -0.480 e. The molecule has 0 aromatic rings. The molecule has 1 saturated heterocycles. The van der Waals surface area contributed by atoms with Gasteiger partial charge in [-0.05, 0) is 6.42 Å². The van der Waals surface area contributed by atoms with Crippen molar-refractivity contribution >= 4 is 41.4 Å². The molecule has 1 heterocycles. The lowest BCUT2D eigenvalue weighted by Crippen LogP contribution is -2.61. The summed E-state index contributed by atoms with van der Waals surface area (Å²) in [5, 5.41) is 26.3. The van der Waals surface area contributed by atoms with E-state index >= 15 is 0 Å². The maximum Gasteiger partial charge on any atom is 0.473 e. The molecule has 0 aromatic heterocycles. The molecule has 0 aromatic carbocycles. The first kappa shape index (κ1) is 37.6. The zero-order valence-electron chi connectivity index (χ0n) is 21.5. The minimum absolute atomic E-state index is 0.105. The molecule has 1 fully saturated rings. The highest BCUT2D eigenvalue weighted by Gasteiger charge is 2.55. The van der Waals surface area contributed by atoms with Crippen molar-refractivity contribution in [2.24, 2.45) is 0 Å². The Morgan fingerprint density at radius 2 is 1.15 bits per heavy atom. The SMILES string of the molecule is CCCCOC[C@H]1O[C@H](OC)[C@H](OP(=O)(O)OCC(=O)O)[C@@H](OP(=O)(O)OCC(=O)O)[C@H]1OP(=O)(O)OCC(=O)O. The van der Waals surface area contributed by atoms with Gasteiger partial charge in [0.25, 0.3) is 0 Å². The predicted molar refractivity (Wildman–Crippen MR) is 126 cm³/mol. The third-order valence-corrected chi connectivity index (χ3v) is 7.46. The second-order valence-electron chi connectivity index (χ2n) is 7.82. The Bertz CT molecular complexity index is 1020. The van der Waals surface area contributed by atoms with Crippen LogP contribution < -0.4 is 0 Å². The van der Waals surface area contributed by atoms with E-state index in [1.165, 1.54) is 0 Å². The van der Waals surface area contributed by atoms with Crippen LogP contribution in [0.1, 0.15) is 19.8 Å². The van der Waals surface area contributed by atoms with E-state index in [0.29, 0.717) is 12.8 Å². The first-order valence-corrected chi connectivity index (χ1v) is 15.8. The van der Waals surface area contributed by atoms with Crippen molar-refractivity contribution in [1.82, 2.24) is 0 Å². The molecule has 6 N–H and O–H groups in total. The van der Waals surface area contributed by atoms with Crippen LogP contribution in [-0.4, -0.2) is 119 Å². The number of carboxylic acids is 3. The number of ether oxygens (including phenoxy) is 3. The summed E-state index contributed by atoms with van der Waals surface area (Å²) in [6.07, 6.45) is -8.98. The summed E-state index contributed by atoms with van der Waals surface area (Å²) in [6.45, 7) is -2.71. The Morgan fingerprint density at radius 3 is 1.54 bits per heavy atom. The number of carboxylic acid groups (broad SMARTS) is 3. The van der Waals surface area contributed by atoms with Gasteiger partial charge in [-0.15, -0.1) is 0 Å². The van der Waals surface area contributed by atoms with Crippen LogP contribution in [0.4, 0.5) is 0 Å². The van der Waals surface area contributed by atoms with Gasteiger partial charge in [0.1, 0.15) is 24.4 Å². The van der Waals surface area contributed by atoms with Gasteiger partial charge in [-0.3, -0.25) is 27.1 Å². The molecular weight excluding hydrogens is 633 g/mol. The molecular formula is C17H31O21P3. The topological polar surface area (TPSA) is 307 Å². The molecule has 41 heavy (non-hydrogen) atoms. The fraction of sp³-hybridized carbons (Fsp3) is 0.824. The lowest BCUT2D eigenvalue weighted by Gasteiger charge is -2.45. The van der Waals surface area contributed by atoms with E-state index in [2.05, 4.69) is 13.6 Å². The number of unbranched alkanes of at least 4 members (excludes halogenated alkanes) is 1. The van der Waals surface area contributed by atoms with Gasteiger partial charge in [0.15, 0.2) is 26.1 Å². The molecule has 0 bridgehead atoms. The summed E-state index contributed by atoms with van der Waals surface area (Å²) < 4.78 is 81.3. The molecule has 3 unspecified atom stereocenters. The van der Waals surface area contributed by atoms with Crippen molar-refractivity contribution < 1.29 is 99.4 Å². The minimum atomic E-state index is -5.49. The van der Waals surface area contributed by atoms with Gasteiger partial charge >= 0.3 is 41.4 Å². The smallest absolute Gasteiger partial charge is 0.473 e. The van der Waals surface area contributed by atoms with Gasteiger partial charge in [0.2, 0.25) is 0 Å². The molecule has 1 aliphatic heterocycles. The van der Waals surface area contributed by atoms with E-state index < -0.39 is 98.5 Å². The number of carbonyl (C=O) groups is 3. The standard InChI is InChI=1S/C17H31O21P3/c1-3-4-5-31-6-10-14(36-39(24,25)32-7-11(18)19)15(37-40(26,27)33-8-12(20)21)16(17(30-2)35-10)38-41(28,29)34-9-13(22)23/h10,14-17H,3-9H2,1-2H3,(H,18,19)(H,20,21)(H,22,23)(H,24,25)(H,26,27)(H,28,29)/t10-,14+,15+,16-,17+/m1/s1. The highest BCUT2D eigenvalue weighted by molar-refractivity contribution is 7.48. The molecule has 1 aliphatic rings. The predicted octanol–water partition coefficient (Wildman–Crippen LogP) is -0.0652. The van der Waals surface area contributed by atoms with Crippen LogP contribution >= 0.6 is 23.5 Å². The van der Waals surface area contributed by atoms with Crippen LogP contribution in [0.25, 0.3) is 0 Å². The fourth-order valence-corrected chi connectivity index (χ4v) is 5.61. The van der Waals surface area contributed by atoms with E-state index in [4.69, 9.17) is 43.1 Å². The van der Waals surface area contributed by atoms with E-state index in [1.54, 1.807) is 0 Å². The molecule has 24 heteroatoms. The highest BCUT2D eigenvalue weighted by Crippen LogP contribution is 2.54. The highest BCUT2D eigenvalue weighted by atomic mass is 31.2. The molecule has 0 saturated carbocycles. The van der Waals surface area contributed by atoms with Crippen LogP contribution in [0.3, 0.4) is 0 Å². The quantitative estimate of drug-likeness (QED) is 0.0691. The Kier molecular flexibility index (Phi) is 15.7. The van der Waals surface area contributed by atoms with E-state index in [9.17, 15) is 42.8 Å². The van der Waals surface area contributed by atoms with Crippen molar-refractivity contribution in [3.8, 4) is 0 Å². The zero-order chi connectivity index (χ0) is 31.4. The summed E-state index contributed by atoms with van der Waals surface area (Å²) in [6, 6.07) is 0. The first-order valence-electron chi connectivity index (χ1n) is 11.3. The van der Waals surface area contributed by atoms with Crippen molar-refractivity contribution in [1.29, 1.82) is 0 Å². The zero-order valence-corrected chi connectivity index (χ0v) is 24.2. The lowest BCUT2D eigenvalue weighted by atomic mass is 9.99. The van der Waals surface area contributed by atoms with Crippen LogP contribution in [0.2, 0.25) is 0 Å². The van der Waals surface area contributed by atoms with Gasteiger partial charge < -0.3 is 44.2 Å². The molecule has 1 rings (SSSR count). The maximum atomic E-state index is 12.6. The van der Waals surface area contributed by atoms with Gasteiger partial charge in [-0.25, -0.2) is 28.1 Å². The number of phosphoric acid groups is 3. The number of methoxy groups -OCH3 is 1. The summed E-state index contributed by atoms with van der Waals surface area (Å²) in [7, 11) is -15.3. The summed E-state index contributed by atoms with van der Waals surface area (Å²) >= 11 is 0. The average Bonchev–Trinajstić information content (AvgIpc) is 2.86. The molecule has 8 atom stereocenters. The lowest BCUT2D eigenvalue weighted by molar-refractivity contribution is -0.287. The molecule has 0 aliphatic carbocycles. The van der Waals surface area contributed by atoms with Gasteiger partial charge in [0, 0.05) is 13.7 Å². The molecule has 0 amide bonds. The van der Waals surface area contributed by atoms with Gasteiger partial charge in [0.05, 0.1) is 6.61 Å². The van der Waals surface area contributed by atoms with Crippen molar-refractivity contribution in [2.75, 3.05) is 40.1 Å². The fourth-order valence-electron chi connectivity index (χ4n) is 2.97. The number of hydrogen-bond donors (Lipinski definition) is 6. The van der Waals surface area contributed by atoms with Crippen LogP contribution in [0, 0.1) is 0 Å². The molecule has 0 spiro atoms. The number of rotatable bonds is 21. The largest absolute Gasteiger partial charge is 0.480 e. The van der Waals surface area contributed by atoms with Crippen molar-refractivity contribution in [2.45, 2.75) is 50.5 Å². The molecule has 240 valence electrons. The second-order valence-corrected chi connectivity index (χ2v) is 12.0.